The molecule has 1 rings (SSSR count). The minimum Gasteiger partial charge on any atom is -0.245 e. The minimum atomic E-state index is 1.14. The molecule has 1 N–H and O–H groups in total. The number of hydrogen-bond donors (Lipinski definition) is 1. The highest BCUT2D eigenvalue weighted by atomic mass is 32.2. The van der Waals surface area contributed by atoms with Crippen molar-refractivity contribution in [3.63, 3.8) is 0 Å². The van der Waals surface area contributed by atoms with Crippen molar-refractivity contribution >= 4 is 11.9 Å². The van der Waals surface area contributed by atoms with Crippen molar-refractivity contribution < 1.29 is 0 Å². The lowest BCUT2D eigenvalue weighted by Gasteiger charge is -2.13. The molecule has 0 aromatic heterocycles. The van der Waals surface area contributed by atoms with Gasteiger partial charge in [0, 0.05) is 18.8 Å². The Hall–Kier alpha value is 0.270. The van der Waals surface area contributed by atoms with E-state index in [1.54, 1.807) is 0 Å². The molecule has 0 aromatic rings. The van der Waals surface area contributed by atoms with Crippen LogP contribution in [-0.4, -0.2) is 23.3 Å². The third-order valence-corrected chi connectivity index (χ3v) is 2.67. The Labute approximate surface area is 67.5 Å². The molecule has 10 heavy (non-hydrogen) atoms. The number of nitrogens with zero attached hydrogens (tertiary/aromatic N) is 1. The van der Waals surface area contributed by atoms with Crippen LogP contribution in [0, 0.1) is 0 Å². The lowest BCUT2D eigenvalue weighted by Crippen LogP contribution is -2.30. The van der Waals surface area contributed by atoms with Crippen LogP contribution in [0.1, 0.15) is 26.2 Å². The molecule has 1 fully saturated rings. The summed E-state index contributed by atoms with van der Waals surface area (Å²) in [5.74, 6) is 1.29. The normalized spacial score (nSPS) is 20.1. The molecule has 0 spiro atoms. The van der Waals surface area contributed by atoms with Gasteiger partial charge in [-0.05, 0) is 12.8 Å². The predicted octanol–water partition coefficient (Wildman–Crippen LogP) is 1.65. The van der Waals surface area contributed by atoms with Crippen LogP contribution in [0.4, 0.5) is 0 Å². The van der Waals surface area contributed by atoms with E-state index in [-0.39, 0.29) is 0 Å². The molecule has 3 heteroatoms. The molecule has 1 aliphatic rings. The van der Waals surface area contributed by atoms with Crippen molar-refractivity contribution in [3.8, 4) is 0 Å². The second kappa shape index (κ2) is 4.99. The van der Waals surface area contributed by atoms with E-state index in [0.717, 1.165) is 6.54 Å². The molecule has 0 bridgehead atoms. The Bertz CT molecular complexity index is 81.7. The van der Waals surface area contributed by atoms with Gasteiger partial charge in [-0.2, -0.15) is 4.41 Å². The fraction of sp³-hybridized carbons (Fsp3) is 1.00. The standard InChI is InChI=1S/C7H16N2S/c1-2-3-5-8-9-6-4-7-10-9/h8H,2-7H2,1H3. The molecule has 1 heterocycles. The molecule has 0 unspecified atom stereocenters. The van der Waals surface area contributed by atoms with Gasteiger partial charge in [0.1, 0.15) is 0 Å². The fourth-order valence-electron chi connectivity index (χ4n) is 0.953. The van der Waals surface area contributed by atoms with Gasteiger partial charge in [0.05, 0.1) is 0 Å². The maximum absolute atomic E-state index is 3.38. The number of nitrogens with one attached hydrogen (secondary N) is 1. The highest BCUT2D eigenvalue weighted by Gasteiger charge is 2.10. The first-order valence-corrected chi connectivity index (χ1v) is 5.01. The van der Waals surface area contributed by atoms with Gasteiger partial charge in [-0.25, -0.2) is 5.43 Å². The van der Waals surface area contributed by atoms with Crippen LogP contribution in [0.2, 0.25) is 0 Å². The van der Waals surface area contributed by atoms with E-state index < -0.39 is 0 Å². The zero-order valence-electron chi connectivity index (χ0n) is 6.60. The lowest BCUT2D eigenvalue weighted by atomic mass is 10.3. The van der Waals surface area contributed by atoms with Gasteiger partial charge in [0.15, 0.2) is 0 Å². The highest BCUT2D eigenvalue weighted by Crippen LogP contribution is 2.16. The molecule has 2 nitrogen and oxygen atoms in total. The molecule has 60 valence electrons. The monoisotopic (exact) mass is 160 g/mol. The average Bonchev–Trinajstić information content (AvgIpc) is 2.41. The fourth-order valence-corrected chi connectivity index (χ4v) is 1.87. The number of unbranched alkanes of at least 4 members (excludes halogenated alkanes) is 1. The van der Waals surface area contributed by atoms with Gasteiger partial charge in [-0.1, -0.05) is 25.3 Å². The number of hydrogen-bond acceptors (Lipinski definition) is 3. The lowest BCUT2D eigenvalue weighted by molar-refractivity contribution is 0.365. The van der Waals surface area contributed by atoms with Crippen molar-refractivity contribution in [2.45, 2.75) is 26.2 Å². The molecule has 0 atom stereocenters. The second-order valence-electron chi connectivity index (χ2n) is 2.55. The largest absolute Gasteiger partial charge is 0.245 e. The summed E-state index contributed by atoms with van der Waals surface area (Å²) in [4.78, 5) is 0. The van der Waals surface area contributed by atoms with Gasteiger partial charge >= 0.3 is 0 Å². The molecule has 0 aliphatic carbocycles. The van der Waals surface area contributed by atoms with Crippen LogP contribution in [-0.2, 0) is 0 Å². The van der Waals surface area contributed by atoms with Gasteiger partial charge in [0.25, 0.3) is 0 Å². The molecule has 1 aliphatic heterocycles. The Morgan fingerprint density at radius 2 is 2.50 bits per heavy atom. The van der Waals surface area contributed by atoms with Crippen LogP contribution in [0.3, 0.4) is 0 Å². The quantitative estimate of drug-likeness (QED) is 0.497. The van der Waals surface area contributed by atoms with Gasteiger partial charge < -0.3 is 0 Å². The van der Waals surface area contributed by atoms with Crippen molar-refractivity contribution in [1.29, 1.82) is 0 Å². The zero-order chi connectivity index (χ0) is 7.23. The maximum atomic E-state index is 3.38. The third-order valence-electron chi connectivity index (χ3n) is 1.57. The molecule has 0 saturated carbocycles. The third kappa shape index (κ3) is 2.90. The molecular weight excluding hydrogens is 144 g/mol. The van der Waals surface area contributed by atoms with Crippen molar-refractivity contribution in [3.05, 3.63) is 0 Å². The summed E-state index contributed by atoms with van der Waals surface area (Å²) in [6.45, 7) is 4.58. The van der Waals surface area contributed by atoms with Gasteiger partial charge in [0.2, 0.25) is 0 Å². The summed E-state index contributed by atoms with van der Waals surface area (Å²) < 4.78 is 2.26. The van der Waals surface area contributed by atoms with Crippen LogP contribution < -0.4 is 5.43 Å². The molecular formula is C7H16N2S. The Balaban J connectivity index is 1.91. The predicted molar refractivity (Wildman–Crippen MR) is 46.7 cm³/mol. The molecule has 1 saturated heterocycles. The Morgan fingerprint density at radius 1 is 1.60 bits per heavy atom. The smallest absolute Gasteiger partial charge is 0.0253 e. The summed E-state index contributed by atoms with van der Waals surface area (Å²) in [7, 11) is 0. The highest BCUT2D eigenvalue weighted by molar-refractivity contribution is 7.97. The maximum Gasteiger partial charge on any atom is 0.0253 e. The van der Waals surface area contributed by atoms with Crippen molar-refractivity contribution in [1.82, 2.24) is 9.84 Å². The Morgan fingerprint density at radius 3 is 3.10 bits per heavy atom. The van der Waals surface area contributed by atoms with Crippen molar-refractivity contribution in [2.24, 2.45) is 0 Å². The van der Waals surface area contributed by atoms with E-state index >= 15 is 0 Å². The van der Waals surface area contributed by atoms with Gasteiger partial charge in [-0.3, -0.25) is 0 Å². The molecule has 0 aromatic carbocycles. The van der Waals surface area contributed by atoms with Crippen LogP contribution >= 0.6 is 11.9 Å². The van der Waals surface area contributed by atoms with Crippen molar-refractivity contribution in [2.75, 3.05) is 18.8 Å². The van der Waals surface area contributed by atoms with Gasteiger partial charge in [-0.15, -0.1) is 0 Å². The minimum absolute atomic E-state index is 1.14. The first-order chi connectivity index (χ1) is 4.93. The van der Waals surface area contributed by atoms with E-state index in [2.05, 4.69) is 16.8 Å². The number of hydrazine groups is 1. The first kappa shape index (κ1) is 8.37. The summed E-state index contributed by atoms with van der Waals surface area (Å²) >= 11 is 1.92. The van der Waals surface area contributed by atoms with E-state index in [4.69, 9.17) is 0 Å². The second-order valence-corrected chi connectivity index (χ2v) is 3.66. The van der Waals surface area contributed by atoms with Crippen LogP contribution in [0.5, 0.6) is 0 Å². The van der Waals surface area contributed by atoms with E-state index in [1.165, 1.54) is 31.6 Å². The Kier molecular flexibility index (Phi) is 4.18. The summed E-state index contributed by atoms with van der Waals surface area (Å²) in [6.07, 6.45) is 3.91. The average molecular weight is 160 g/mol. The zero-order valence-corrected chi connectivity index (χ0v) is 7.41. The van der Waals surface area contributed by atoms with Crippen LogP contribution in [0.25, 0.3) is 0 Å². The summed E-state index contributed by atoms with van der Waals surface area (Å²) in [6, 6.07) is 0. The topological polar surface area (TPSA) is 15.3 Å². The molecule has 0 amide bonds. The van der Waals surface area contributed by atoms with Crippen LogP contribution in [0.15, 0.2) is 0 Å². The van der Waals surface area contributed by atoms with E-state index in [9.17, 15) is 0 Å². The van der Waals surface area contributed by atoms with E-state index in [1.807, 2.05) is 11.9 Å². The first-order valence-electron chi connectivity index (χ1n) is 4.07. The number of rotatable bonds is 4. The summed E-state index contributed by atoms with van der Waals surface area (Å²) in [5, 5.41) is 0. The SMILES string of the molecule is CCCCNN1CCCS1. The van der Waals surface area contributed by atoms with E-state index in [0.29, 0.717) is 0 Å². The summed E-state index contributed by atoms with van der Waals surface area (Å²) in [5.41, 5.74) is 3.38. The molecule has 0 radical (unpaired) electrons.